The van der Waals surface area contributed by atoms with Crippen LogP contribution in [0, 0.1) is 0 Å². The monoisotopic (exact) mass is 223 g/mol. The molecule has 1 aliphatic rings. The van der Waals surface area contributed by atoms with Gasteiger partial charge < -0.3 is 20.3 Å². The maximum atomic E-state index is 11.2. The molecule has 1 atom stereocenters. The number of benzene rings is 1. The highest BCUT2D eigenvalue weighted by Crippen LogP contribution is 2.26. The number of ether oxygens (including phenoxy) is 1. The Morgan fingerprint density at radius 2 is 2.31 bits per heavy atom. The topological polar surface area (TPSA) is 78.8 Å². The van der Waals surface area contributed by atoms with Gasteiger partial charge >= 0.3 is 5.97 Å². The minimum absolute atomic E-state index is 0.0593. The highest BCUT2D eigenvalue weighted by atomic mass is 16.5. The lowest BCUT2D eigenvalue weighted by molar-refractivity contribution is -0.153. The largest absolute Gasteiger partial charge is 0.508 e. The van der Waals surface area contributed by atoms with Gasteiger partial charge in [0.1, 0.15) is 11.5 Å². The van der Waals surface area contributed by atoms with E-state index in [1.165, 1.54) is 12.1 Å². The van der Waals surface area contributed by atoms with Crippen LogP contribution in [0.15, 0.2) is 24.3 Å². The molecule has 0 spiro atoms. The molecule has 0 amide bonds. The number of hydrogen-bond donors (Lipinski definition) is 3. The number of aromatic hydroxyl groups is 1. The molecule has 0 bridgehead atoms. The number of aliphatic carboxylic acids is 1. The van der Waals surface area contributed by atoms with E-state index in [2.05, 4.69) is 5.32 Å². The van der Waals surface area contributed by atoms with Crippen LogP contribution in [0.25, 0.3) is 0 Å². The summed E-state index contributed by atoms with van der Waals surface area (Å²) in [6, 6.07) is 6.15. The molecule has 0 aromatic heterocycles. The number of carboxylic acids is 1. The number of rotatable bonds is 3. The Morgan fingerprint density at radius 3 is 2.88 bits per heavy atom. The fourth-order valence-corrected chi connectivity index (χ4v) is 1.75. The summed E-state index contributed by atoms with van der Waals surface area (Å²) in [4.78, 5) is 11.2. The molecule has 1 heterocycles. The van der Waals surface area contributed by atoms with Gasteiger partial charge in [0.25, 0.3) is 0 Å². The first kappa shape index (κ1) is 10.8. The summed E-state index contributed by atoms with van der Waals surface area (Å²) in [5.41, 5.74) is -1.21. The number of hydrogen-bond acceptors (Lipinski definition) is 4. The van der Waals surface area contributed by atoms with Crippen molar-refractivity contribution in [2.45, 2.75) is 12.0 Å². The molecule has 1 aromatic rings. The van der Waals surface area contributed by atoms with Crippen LogP contribution in [-0.2, 0) is 4.79 Å². The molecule has 1 aromatic carbocycles. The van der Waals surface area contributed by atoms with Crippen molar-refractivity contribution in [1.82, 2.24) is 5.32 Å². The standard InChI is InChI=1S/C11H13NO4/c13-8-2-1-3-9(6-8)16-11(10(14)15)4-5-12-7-11/h1-3,6,12-13H,4-5,7H2,(H,14,15). The van der Waals surface area contributed by atoms with Crippen molar-refractivity contribution >= 4 is 5.97 Å². The summed E-state index contributed by atoms with van der Waals surface area (Å²) in [5.74, 6) is -0.559. The van der Waals surface area contributed by atoms with Gasteiger partial charge in [-0.05, 0) is 18.7 Å². The minimum atomic E-state index is -1.21. The van der Waals surface area contributed by atoms with Crippen molar-refractivity contribution in [3.8, 4) is 11.5 Å². The van der Waals surface area contributed by atoms with E-state index in [-0.39, 0.29) is 12.3 Å². The van der Waals surface area contributed by atoms with Crippen LogP contribution in [-0.4, -0.2) is 34.9 Å². The van der Waals surface area contributed by atoms with Crippen LogP contribution in [0.4, 0.5) is 0 Å². The van der Waals surface area contributed by atoms with Crippen molar-refractivity contribution < 1.29 is 19.7 Å². The molecule has 1 fully saturated rings. The highest BCUT2D eigenvalue weighted by molar-refractivity contribution is 5.79. The van der Waals surface area contributed by atoms with Gasteiger partial charge in [0.05, 0.1) is 0 Å². The third-order valence-electron chi connectivity index (χ3n) is 2.64. The molecule has 1 saturated heterocycles. The fourth-order valence-electron chi connectivity index (χ4n) is 1.75. The molecule has 5 heteroatoms. The van der Waals surface area contributed by atoms with E-state index in [0.29, 0.717) is 18.7 Å². The fraction of sp³-hybridized carbons (Fsp3) is 0.364. The van der Waals surface area contributed by atoms with Gasteiger partial charge in [-0.1, -0.05) is 6.07 Å². The molecule has 1 aliphatic heterocycles. The average molecular weight is 223 g/mol. The van der Waals surface area contributed by atoms with Crippen molar-refractivity contribution in [3.63, 3.8) is 0 Å². The zero-order valence-corrected chi connectivity index (χ0v) is 8.64. The quantitative estimate of drug-likeness (QED) is 0.699. The number of phenolic OH excluding ortho intramolecular Hbond substituents is 1. The summed E-state index contributed by atoms with van der Waals surface area (Å²) >= 11 is 0. The van der Waals surface area contributed by atoms with E-state index in [4.69, 9.17) is 9.84 Å². The SMILES string of the molecule is O=C(O)C1(Oc2cccc(O)c2)CCNC1. The number of carboxylic acid groups (broad SMARTS) is 1. The molecule has 0 aliphatic carbocycles. The predicted octanol–water partition coefficient (Wildman–Crippen LogP) is 0.588. The van der Waals surface area contributed by atoms with Crippen LogP contribution in [0.3, 0.4) is 0 Å². The summed E-state index contributed by atoms with van der Waals surface area (Å²) < 4.78 is 5.48. The summed E-state index contributed by atoms with van der Waals surface area (Å²) in [6.07, 6.45) is 0.415. The summed E-state index contributed by atoms with van der Waals surface area (Å²) in [6.45, 7) is 0.892. The number of phenols is 1. The maximum Gasteiger partial charge on any atom is 0.349 e. The van der Waals surface area contributed by atoms with Gasteiger partial charge in [-0.2, -0.15) is 0 Å². The predicted molar refractivity (Wildman–Crippen MR) is 56.6 cm³/mol. The van der Waals surface area contributed by atoms with Gasteiger partial charge in [-0.25, -0.2) is 4.79 Å². The average Bonchev–Trinajstić information content (AvgIpc) is 2.67. The summed E-state index contributed by atoms with van der Waals surface area (Å²) in [7, 11) is 0. The number of carbonyl (C=O) groups is 1. The first-order valence-corrected chi connectivity index (χ1v) is 5.05. The molecule has 5 nitrogen and oxygen atoms in total. The van der Waals surface area contributed by atoms with Crippen LogP contribution >= 0.6 is 0 Å². The van der Waals surface area contributed by atoms with Gasteiger partial charge in [-0.15, -0.1) is 0 Å². The van der Waals surface area contributed by atoms with Gasteiger partial charge in [0, 0.05) is 19.0 Å². The Kier molecular flexibility index (Phi) is 2.70. The summed E-state index contributed by atoms with van der Waals surface area (Å²) in [5, 5.41) is 21.4. The lowest BCUT2D eigenvalue weighted by atomic mass is 10.0. The third kappa shape index (κ3) is 1.94. The third-order valence-corrected chi connectivity index (χ3v) is 2.64. The highest BCUT2D eigenvalue weighted by Gasteiger charge is 2.44. The van der Waals surface area contributed by atoms with Crippen LogP contribution in [0.2, 0.25) is 0 Å². The molecule has 2 rings (SSSR count). The second kappa shape index (κ2) is 4.02. The Bertz CT molecular complexity index is 399. The van der Waals surface area contributed by atoms with Gasteiger partial charge in [-0.3, -0.25) is 0 Å². The maximum absolute atomic E-state index is 11.2. The molecule has 3 N–H and O–H groups in total. The van der Waals surface area contributed by atoms with Crippen molar-refractivity contribution in [2.24, 2.45) is 0 Å². The minimum Gasteiger partial charge on any atom is -0.508 e. The van der Waals surface area contributed by atoms with E-state index < -0.39 is 11.6 Å². The molecule has 1 unspecified atom stereocenters. The van der Waals surface area contributed by atoms with E-state index >= 15 is 0 Å². The normalized spacial score (nSPS) is 24.2. The lowest BCUT2D eigenvalue weighted by Crippen LogP contribution is -2.46. The van der Waals surface area contributed by atoms with Crippen molar-refractivity contribution in [3.05, 3.63) is 24.3 Å². The van der Waals surface area contributed by atoms with Gasteiger partial charge in [0.15, 0.2) is 0 Å². The van der Waals surface area contributed by atoms with E-state index in [1.807, 2.05) is 0 Å². The van der Waals surface area contributed by atoms with E-state index in [1.54, 1.807) is 12.1 Å². The van der Waals surface area contributed by atoms with Gasteiger partial charge in [0.2, 0.25) is 5.60 Å². The van der Waals surface area contributed by atoms with Crippen LogP contribution in [0.5, 0.6) is 11.5 Å². The molecule has 0 radical (unpaired) electrons. The second-order valence-corrected chi connectivity index (χ2v) is 3.83. The Balaban J connectivity index is 2.21. The smallest absolute Gasteiger partial charge is 0.349 e. The lowest BCUT2D eigenvalue weighted by Gasteiger charge is -2.24. The van der Waals surface area contributed by atoms with Crippen molar-refractivity contribution in [2.75, 3.05) is 13.1 Å². The molecular weight excluding hydrogens is 210 g/mol. The zero-order chi connectivity index (χ0) is 11.6. The molecular formula is C11H13NO4. The van der Waals surface area contributed by atoms with Crippen molar-refractivity contribution in [1.29, 1.82) is 0 Å². The van der Waals surface area contributed by atoms with Crippen LogP contribution < -0.4 is 10.1 Å². The van der Waals surface area contributed by atoms with Crippen LogP contribution in [0.1, 0.15) is 6.42 Å². The first-order valence-electron chi connectivity index (χ1n) is 5.05. The Morgan fingerprint density at radius 1 is 1.50 bits per heavy atom. The van der Waals surface area contributed by atoms with E-state index in [0.717, 1.165) is 0 Å². The molecule has 16 heavy (non-hydrogen) atoms. The Hall–Kier alpha value is -1.75. The first-order chi connectivity index (χ1) is 7.62. The van der Waals surface area contributed by atoms with E-state index in [9.17, 15) is 9.90 Å². The molecule has 0 saturated carbocycles. The zero-order valence-electron chi connectivity index (χ0n) is 8.64. The number of nitrogens with one attached hydrogen (secondary N) is 1. The molecule has 86 valence electrons. The Labute approximate surface area is 92.7 Å². The second-order valence-electron chi connectivity index (χ2n) is 3.83.